The highest BCUT2D eigenvalue weighted by Gasteiger charge is 2.54. The number of aromatic nitrogens is 5. The number of hydrogen-bond donors (Lipinski definition) is 3. The summed E-state index contributed by atoms with van der Waals surface area (Å²) < 4.78 is 14.3. The molecule has 0 unspecified atom stereocenters. The van der Waals surface area contributed by atoms with Crippen LogP contribution in [0.4, 0.5) is 0 Å². The van der Waals surface area contributed by atoms with Crippen molar-refractivity contribution in [1.82, 2.24) is 50.7 Å². The number of aryl methyl sites for hydroxylation is 2. The molecule has 4 atom stereocenters. The van der Waals surface area contributed by atoms with E-state index in [1.54, 1.807) is 42.6 Å². The van der Waals surface area contributed by atoms with Gasteiger partial charge >= 0.3 is 0 Å². The minimum atomic E-state index is -0.858. The third-order valence-electron chi connectivity index (χ3n) is 15.8. The van der Waals surface area contributed by atoms with Crippen LogP contribution in [0.15, 0.2) is 53.5 Å². The molecule has 75 heavy (non-hydrogen) atoms. The van der Waals surface area contributed by atoms with E-state index >= 15 is 0 Å². The summed E-state index contributed by atoms with van der Waals surface area (Å²) in [7, 11) is 1.62. The number of nitrogens with zero attached hydrogens (tertiary/aromatic N) is 8. The lowest BCUT2D eigenvalue weighted by molar-refractivity contribution is -0.153. The van der Waals surface area contributed by atoms with E-state index in [2.05, 4.69) is 50.2 Å². The van der Waals surface area contributed by atoms with E-state index in [0.717, 1.165) is 69.1 Å². The minimum absolute atomic E-state index is 0.0250. The maximum atomic E-state index is 14.9. The van der Waals surface area contributed by atoms with Gasteiger partial charge in [0.05, 0.1) is 42.6 Å². The fourth-order valence-corrected chi connectivity index (χ4v) is 12.9. The molecule has 21 heteroatoms. The molecule has 2 saturated carbocycles. The topological polar surface area (TPSA) is 215 Å². The van der Waals surface area contributed by atoms with Gasteiger partial charge in [-0.3, -0.25) is 33.5 Å². The summed E-state index contributed by atoms with van der Waals surface area (Å²) in [6.45, 7) is 9.25. The number of carbonyl (C=O) groups excluding carboxylic acids is 5. The summed E-state index contributed by atoms with van der Waals surface area (Å²) in [5.74, 6) is 0.538. The first-order valence-electron chi connectivity index (χ1n) is 25.7. The van der Waals surface area contributed by atoms with Crippen molar-refractivity contribution in [3.63, 3.8) is 0 Å². The van der Waals surface area contributed by atoms with Crippen LogP contribution < -0.4 is 25.4 Å². The Morgan fingerprint density at radius 2 is 1.71 bits per heavy atom. The van der Waals surface area contributed by atoms with Crippen molar-refractivity contribution in [2.45, 2.75) is 104 Å². The number of rotatable bonds is 16. The molecular formula is C54H61Cl2N11O7S. The molecular weight excluding hydrogens is 1020 g/mol. The molecule has 0 bridgehead atoms. The third kappa shape index (κ3) is 10.5. The molecule has 6 heterocycles. The van der Waals surface area contributed by atoms with Crippen LogP contribution >= 0.6 is 34.5 Å². The summed E-state index contributed by atoms with van der Waals surface area (Å²) in [5.41, 5.74) is 4.93. The summed E-state index contributed by atoms with van der Waals surface area (Å²) >= 11 is 14.8. The number of ether oxygens (including phenoxy) is 2. The number of hydrogen-bond acceptors (Lipinski definition) is 13. The zero-order valence-electron chi connectivity index (χ0n) is 42.8. The van der Waals surface area contributed by atoms with Gasteiger partial charge in [0.1, 0.15) is 41.5 Å². The van der Waals surface area contributed by atoms with Gasteiger partial charge in [-0.15, -0.1) is 31.7 Å². The number of amides is 5. The maximum Gasteiger partial charge on any atom is 0.239 e. The predicted octanol–water partition coefficient (Wildman–Crippen LogP) is 6.90. The maximum absolute atomic E-state index is 14.9. The van der Waals surface area contributed by atoms with E-state index in [9.17, 15) is 24.0 Å². The quantitative estimate of drug-likeness (QED) is 0.0864. The van der Waals surface area contributed by atoms with Gasteiger partial charge in [-0.25, -0.2) is 0 Å². The van der Waals surface area contributed by atoms with Gasteiger partial charge in [-0.1, -0.05) is 48.2 Å². The van der Waals surface area contributed by atoms with Crippen LogP contribution in [0.25, 0.3) is 5.00 Å². The lowest BCUT2D eigenvalue weighted by atomic mass is 9.66. The second-order valence-corrected chi connectivity index (χ2v) is 22.8. The van der Waals surface area contributed by atoms with Gasteiger partial charge in [-0.2, -0.15) is 0 Å². The summed E-state index contributed by atoms with van der Waals surface area (Å²) in [6, 6.07) is 13.2. The van der Waals surface area contributed by atoms with Crippen molar-refractivity contribution < 1.29 is 33.4 Å². The Balaban J connectivity index is 0.747. The van der Waals surface area contributed by atoms with Gasteiger partial charge in [0, 0.05) is 70.8 Å². The average Bonchev–Trinajstić information content (AvgIpc) is 3.86. The summed E-state index contributed by atoms with van der Waals surface area (Å²) in [6.07, 6.45) is 5.91. The molecule has 2 aromatic carbocycles. The predicted molar refractivity (Wildman–Crippen MR) is 282 cm³/mol. The van der Waals surface area contributed by atoms with E-state index in [4.69, 9.17) is 37.7 Å². The Morgan fingerprint density at radius 3 is 2.44 bits per heavy atom. The van der Waals surface area contributed by atoms with Crippen molar-refractivity contribution in [2.24, 2.45) is 21.7 Å². The smallest absolute Gasteiger partial charge is 0.239 e. The first-order valence-corrected chi connectivity index (χ1v) is 27.2. The molecule has 2 aliphatic carbocycles. The molecule has 3 N–H and O–H groups in total. The highest BCUT2D eigenvalue weighted by Crippen LogP contribution is 2.54. The van der Waals surface area contributed by atoms with Gasteiger partial charge in [0.25, 0.3) is 0 Å². The largest absolute Gasteiger partial charge is 0.487 e. The molecule has 5 amide bonds. The summed E-state index contributed by atoms with van der Waals surface area (Å²) in [5, 5.41) is 27.8. The SMILES string of the molecule is CNC(=O)[C@@]1(C)CCCC[C@H]1C(=O)N1CCc2c(Cl)ccc(OCc3ccc(OCCNC(=O)CNC(=O)C[C@@H]4N=C(c5ccc(Cl)cc5)c5c(sc(C)c5C)-n5c(C)nnc54)nn3)c2[C@H]1CN1CC2(CC2)CC1=O. The number of fused-ring (bicyclic) bond motifs is 4. The second-order valence-electron chi connectivity index (χ2n) is 20.7. The van der Waals surface area contributed by atoms with Crippen molar-refractivity contribution in [2.75, 3.05) is 46.4 Å². The third-order valence-corrected chi connectivity index (χ3v) is 17.6. The molecule has 3 fully saturated rings. The lowest BCUT2D eigenvalue weighted by Gasteiger charge is -2.46. The Morgan fingerprint density at radius 1 is 0.907 bits per heavy atom. The minimum Gasteiger partial charge on any atom is -0.487 e. The number of halogens is 2. The van der Waals surface area contributed by atoms with Gasteiger partial charge < -0.3 is 35.2 Å². The Bertz CT molecular complexity index is 3080. The molecule has 3 aromatic heterocycles. The zero-order valence-corrected chi connectivity index (χ0v) is 45.1. The zero-order chi connectivity index (χ0) is 52.8. The number of thiophene rings is 1. The number of likely N-dealkylation sites (tertiary alicyclic amines) is 1. The fraction of sp³-hybridized carbons (Fsp3) is 0.481. The van der Waals surface area contributed by atoms with Crippen LogP contribution in [-0.4, -0.2) is 116 Å². The number of aliphatic imine (C=N–C) groups is 1. The van der Waals surface area contributed by atoms with Gasteiger partial charge in [0.15, 0.2) is 5.82 Å². The molecule has 10 rings (SSSR count). The average molecular weight is 1080 g/mol. The van der Waals surface area contributed by atoms with E-state index in [1.165, 1.54) is 0 Å². The fourth-order valence-electron chi connectivity index (χ4n) is 11.3. The van der Waals surface area contributed by atoms with Crippen molar-refractivity contribution in [3.8, 4) is 16.6 Å². The lowest BCUT2D eigenvalue weighted by Crippen LogP contribution is -2.54. The van der Waals surface area contributed by atoms with Crippen molar-refractivity contribution in [1.29, 1.82) is 0 Å². The number of carbonyl (C=O) groups is 5. The van der Waals surface area contributed by atoms with Gasteiger partial charge in [0.2, 0.25) is 35.4 Å². The molecule has 3 aliphatic heterocycles. The molecule has 5 aliphatic rings. The molecule has 394 valence electrons. The first kappa shape index (κ1) is 52.0. The van der Waals surface area contributed by atoms with Gasteiger partial charge in [-0.05, 0) is 107 Å². The van der Waals surface area contributed by atoms with Crippen molar-refractivity contribution >= 4 is 69.8 Å². The van der Waals surface area contributed by atoms with E-state index in [0.29, 0.717) is 78.5 Å². The van der Waals surface area contributed by atoms with E-state index in [1.807, 2.05) is 52.5 Å². The van der Waals surface area contributed by atoms with E-state index in [-0.39, 0.29) is 67.6 Å². The van der Waals surface area contributed by atoms with Crippen LogP contribution in [0.5, 0.6) is 11.6 Å². The Hall–Kier alpha value is -6.44. The number of benzene rings is 2. The molecule has 1 saturated heterocycles. The van der Waals surface area contributed by atoms with Crippen molar-refractivity contribution in [3.05, 3.63) is 109 Å². The Kier molecular flexibility index (Phi) is 14.8. The van der Waals surface area contributed by atoms with Crippen LogP contribution in [-0.2, 0) is 37.0 Å². The summed E-state index contributed by atoms with van der Waals surface area (Å²) in [4.78, 5) is 78.1. The highest BCUT2D eigenvalue weighted by molar-refractivity contribution is 7.15. The van der Waals surface area contributed by atoms with Crippen LogP contribution in [0.2, 0.25) is 10.0 Å². The number of nitrogens with one attached hydrogen (secondary N) is 3. The molecule has 18 nitrogen and oxygen atoms in total. The van der Waals surface area contributed by atoms with Crippen LogP contribution in [0.1, 0.15) is 120 Å². The molecule has 5 aromatic rings. The Labute approximate surface area is 449 Å². The second kappa shape index (κ2) is 21.3. The monoisotopic (exact) mass is 1080 g/mol. The molecule has 1 spiro atoms. The van der Waals surface area contributed by atoms with Crippen LogP contribution in [0.3, 0.4) is 0 Å². The standard InChI is InChI=1S/C54H61Cl2N11O7S/c1-30-31(2)75-51-46(30)48(33-9-11-34(55)12-10-33)60-39(49-64-61-32(3)67(49)51)24-42(68)59-26-43(69)58-21-23-73-44-16-13-35(62-63-44)28-74-41-15-14-38(56)36-17-22-66(50(71)37-8-6-7-18-53(37,4)52(72)57-5)40(47(36)41)27-65-29-54(19-20-54)25-45(65)70/h9-16,37,39-40H,6-8,17-29H2,1-5H3,(H,57,72)(H,58,69)(H,59,68)/t37-,39-,40+,53-/m0/s1. The molecule has 0 radical (unpaired) electrons. The van der Waals surface area contributed by atoms with Crippen LogP contribution in [0, 0.1) is 37.5 Å². The first-order chi connectivity index (χ1) is 36.1. The van der Waals surface area contributed by atoms with E-state index < -0.39 is 29.3 Å². The normalized spacial score (nSPS) is 21.3. The highest BCUT2D eigenvalue weighted by atomic mass is 35.5.